The van der Waals surface area contributed by atoms with Crippen LogP contribution in [0.3, 0.4) is 0 Å². The summed E-state index contributed by atoms with van der Waals surface area (Å²) < 4.78 is 0. The standard InChI is InChI=1S/C14H27N5S/c1-11(2)19(4)9-7-6-8-16-13-10-12(15-3)17-14(18-13)20-5/h10-11H,6-9H2,1-5H3,(H2,15,16,17,18). The molecule has 0 radical (unpaired) electrons. The van der Waals surface area contributed by atoms with Gasteiger partial charge >= 0.3 is 0 Å². The summed E-state index contributed by atoms with van der Waals surface area (Å²) in [7, 11) is 4.05. The van der Waals surface area contributed by atoms with Crippen molar-refractivity contribution in [2.45, 2.75) is 37.9 Å². The number of unbranched alkanes of at least 4 members (excludes halogenated alkanes) is 1. The van der Waals surface area contributed by atoms with Crippen molar-refractivity contribution in [2.75, 3.05) is 44.1 Å². The summed E-state index contributed by atoms with van der Waals surface area (Å²) >= 11 is 1.55. The fraction of sp³-hybridized carbons (Fsp3) is 0.714. The molecule has 0 aromatic carbocycles. The van der Waals surface area contributed by atoms with Crippen molar-refractivity contribution in [2.24, 2.45) is 0 Å². The first-order valence-corrected chi connectivity index (χ1v) is 8.34. The van der Waals surface area contributed by atoms with Crippen molar-refractivity contribution < 1.29 is 0 Å². The number of thioether (sulfide) groups is 1. The van der Waals surface area contributed by atoms with Crippen LogP contribution in [0.2, 0.25) is 0 Å². The lowest BCUT2D eigenvalue weighted by Crippen LogP contribution is -2.27. The molecule has 0 aliphatic rings. The van der Waals surface area contributed by atoms with E-state index in [0.717, 1.165) is 36.3 Å². The molecule has 0 unspecified atom stereocenters. The van der Waals surface area contributed by atoms with Gasteiger partial charge in [-0.2, -0.15) is 0 Å². The summed E-state index contributed by atoms with van der Waals surface area (Å²) in [4.78, 5) is 11.2. The van der Waals surface area contributed by atoms with Crippen molar-refractivity contribution in [3.63, 3.8) is 0 Å². The predicted octanol–water partition coefficient (Wildman–Crippen LogP) is 2.77. The predicted molar refractivity (Wildman–Crippen MR) is 88.8 cm³/mol. The van der Waals surface area contributed by atoms with Gasteiger partial charge in [0.2, 0.25) is 0 Å². The first-order valence-electron chi connectivity index (χ1n) is 7.11. The van der Waals surface area contributed by atoms with Crippen LogP contribution < -0.4 is 10.6 Å². The molecule has 5 nitrogen and oxygen atoms in total. The minimum Gasteiger partial charge on any atom is -0.373 e. The normalized spacial score (nSPS) is 11.2. The molecule has 0 saturated carbocycles. The van der Waals surface area contributed by atoms with Gasteiger partial charge in [-0.3, -0.25) is 0 Å². The number of anilines is 2. The molecule has 1 aromatic heterocycles. The Balaban J connectivity index is 2.34. The highest BCUT2D eigenvalue weighted by Crippen LogP contribution is 2.16. The third kappa shape index (κ3) is 5.96. The van der Waals surface area contributed by atoms with Gasteiger partial charge in [-0.15, -0.1) is 0 Å². The number of hydrogen-bond donors (Lipinski definition) is 2. The zero-order chi connectivity index (χ0) is 15.0. The molecule has 0 atom stereocenters. The maximum Gasteiger partial charge on any atom is 0.191 e. The highest BCUT2D eigenvalue weighted by atomic mass is 32.2. The minimum absolute atomic E-state index is 0.618. The van der Waals surface area contributed by atoms with E-state index in [4.69, 9.17) is 0 Å². The molecule has 1 heterocycles. The summed E-state index contributed by atoms with van der Waals surface area (Å²) in [5.41, 5.74) is 0. The molecular formula is C14H27N5S. The average Bonchev–Trinajstić information content (AvgIpc) is 2.46. The van der Waals surface area contributed by atoms with E-state index >= 15 is 0 Å². The van der Waals surface area contributed by atoms with Crippen LogP contribution in [-0.2, 0) is 0 Å². The Morgan fingerprint density at radius 1 is 1.25 bits per heavy atom. The van der Waals surface area contributed by atoms with Gasteiger partial charge in [-0.25, -0.2) is 9.97 Å². The lowest BCUT2D eigenvalue weighted by molar-refractivity contribution is 0.269. The summed E-state index contributed by atoms with van der Waals surface area (Å²) in [6.45, 7) is 6.53. The molecule has 0 fully saturated rings. The Morgan fingerprint density at radius 2 is 1.95 bits per heavy atom. The molecule has 0 saturated heterocycles. The van der Waals surface area contributed by atoms with Gasteiger partial charge in [0.05, 0.1) is 0 Å². The monoisotopic (exact) mass is 297 g/mol. The fourth-order valence-electron chi connectivity index (χ4n) is 1.70. The highest BCUT2D eigenvalue weighted by molar-refractivity contribution is 7.98. The van der Waals surface area contributed by atoms with E-state index in [9.17, 15) is 0 Å². The Bertz CT molecular complexity index is 375. The smallest absolute Gasteiger partial charge is 0.191 e. The molecule has 0 spiro atoms. The van der Waals surface area contributed by atoms with Gasteiger partial charge in [-0.1, -0.05) is 11.8 Å². The zero-order valence-electron chi connectivity index (χ0n) is 13.2. The molecule has 0 aliphatic carbocycles. The number of aromatic nitrogens is 2. The Hall–Kier alpha value is -1.01. The van der Waals surface area contributed by atoms with Crippen LogP contribution in [0, 0.1) is 0 Å². The third-order valence-corrected chi connectivity index (χ3v) is 3.82. The van der Waals surface area contributed by atoms with Gasteiger partial charge < -0.3 is 15.5 Å². The summed E-state index contributed by atoms with van der Waals surface area (Å²) in [5.74, 6) is 1.75. The molecule has 1 rings (SSSR count). The van der Waals surface area contributed by atoms with E-state index in [0.29, 0.717) is 6.04 Å². The van der Waals surface area contributed by atoms with Crippen molar-refractivity contribution in [1.29, 1.82) is 0 Å². The number of rotatable bonds is 9. The summed E-state index contributed by atoms with van der Waals surface area (Å²) in [6, 6.07) is 2.56. The Morgan fingerprint density at radius 3 is 2.55 bits per heavy atom. The molecule has 0 bridgehead atoms. The second-order valence-electron chi connectivity index (χ2n) is 5.08. The molecule has 2 N–H and O–H groups in total. The first kappa shape index (κ1) is 17.0. The van der Waals surface area contributed by atoms with E-state index in [1.54, 1.807) is 11.8 Å². The van der Waals surface area contributed by atoms with Gasteiger partial charge in [0.15, 0.2) is 5.16 Å². The Kier molecular flexibility index (Phi) is 7.69. The summed E-state index contributed by atoms with van der Waals surface area (Å²) in [5, 5.41) is 7.22. The number of nitrogens with one attached hydrogen (secondary N) is 2. The number of hydrogen-bond acceptors (Lipinski definition) is 6. The van der Waals surface area contributed by atoms with Crippen LogP contribution in [-0.4, -0.2) is 54.4 Å². The van der Waals surface area contributed by atoms with E-state index in [1.165, 1.54) is 6.42 Å². The average molecular weight is 297 g/mol. The van der Waals surface area contributed by atoms with Crippen molar-refractivity contribution in [3.05, 3.63) is 6.07 Å². The van der Waals surface area contributed by atoms with E-state index in [-0.39, 0.29) is 0 Å². The van der Waals surface area contributed by atoms with Crippen molar-refractivity contribution in [1.82, 2.24) is 14.9 Å². The van der Waals surface area contributed by atoms with Crippen molar-refractivity contribution in [3.8, 4) is 0 Å². The summed E-state index contributed by atoms with van der Waals surface area (Å²) in [6.07, 6.45) is 4.33. The lowest BCUT2D eigenvalue weighted by Gasteiger charge is -2.20. The van der Waals surface area contributed by atoms with E-state index < -0.39 is 0 Å². The molecule has 114 valence electrons. The third-order valence-electron chi connectivity index (χ3n) is 3.27. The van der Waals surface area contributed by atoms with Gasteiger partial charge in [-0.05, 0) is 46.5 Å². The van der Waals surface area contributed by atoms with Gasteiger partial charge in [0, 0.05) is 25.7 Å². The number of nitrogens with zero attached hydrogens (tertiary/aromatic N) is 3. The first-order chi connectivity index (χ1) is 9.56. The molecule has 6 heteroatoms. The molecule has 0 amide bonds. The van der Waals surface area contributed by atoms with Gasteiger partial charge in [0.25, 0.3) is 0 Å². The second-order valence-corrected chi connectivity index (χ2v) is 5.86. The van der Waals surface area contributed by atoms with Crippen LogP contribution in [0.25, 0.3) is 0 Å². The molecule has 1 aromatic rings. The molecule has 20 heavy (non-hydrogen) atoms. The second kappa shape index (κ2) is 9.02. The van der Waals surface area contributed by atoms with E-state index in [2.05, 4.69) is 46.4 Å². The zero-order valence-corrected chi connectivity index (χ0v) is 14.0. The molecular weight excluding hydrogens is 270 g/mol. The molecule has 0 aliphatic heterocycles. The SMILES string of the molecule is CNc1cc(NCCCCN(C)C(C)C)nc(SC)n1. The van der Waals surface area contributed by atoms with Crippen LogP contribution in [0.5, 0.6) is 0 Å². The van der Waals surface area contributed by atoms with Crippen LogP contribution >= 0.6 is 11.8 Å². The highest BCUT2D eigenvalue weighted by Gasteiger charge is 2.04. The van der Waals surface area contributed by atoms with Crippen LogP contribution in [0.1, 0.15) is 26.7 Å². The largest absolute Gasteiger partial charge is 0.373 e. The van der Waals surface area contributed by atoms with Crippen molar-refractivity contribution >= 4 is 23.4 Å². The van der Waals surface area contributed by atoms with Crippen LogP contribution in [0.4, 0.5) is 11.6 Å². The Labute approximate surface area is 127 Å². The lowest BCUT2D eigenvalue weighted by atomic mass is 10.2. The quantitative estimate of drug-likeness (QED) is 0.415. The van der Waals surface area contributed by atoms with Crippen LogP contribution in [0.15, 0.2) is 11.2 Å². The maximum absolute atomic E-state index is 4.45. The minimum atomic E-state index is 0.618. The topological polar surface area (TPSA) is 53.1 Å². The van der Waals surface area contributed by atoms with E-state index in [1.807, 2.05) is 19.4 Å². The van der Waals surface area contributed by atoms with Gasteiger partial charge in [0.1, 0.15) is 11.6 Å². The maximum atomic E-state index is 4.45. The fourth-order valence-corrected chi connectivity index (χ4v) is 2.08.